The van der Waals surface area contributed by atoms with Crippen molar-refractivity contribution in [1.82, 2.24) is 0 Å². The molecular formula is C65H110O6. The Balaban J connectivity index is 4.50. The summed E-state index contributed by atoms with van der Waals surface area (Å²) in [5, 5.41) is 0. The fraction of sp³-hybridized carbons (Fsp3) is 0.708. The second-order valence-electron chi connectivity index (χ2n) is 19.5. The molecule has 0 aromatic carbocycles. The molecule has 0 aliphatic heterocycles. The molecule has 0 aliphatic carbocycles. The summed E-state index contributed by atoms with van der Waals surface area (Å²) in [6.07, 6.45) is 78.2. The minimum absolute atomic E-state index is 0.0996. The lowest BCUT2D eigenvalue weighted by molar-refractivity contribution is -0.167. The van der Waals surface area contributed by atoms with Crippen molar-refractivity contribution in [2.24, 2.45) is 0 Å². The van der Waals surface area contributed by atoms with Gasteiger partial charge in [0, 0.05) is 19.3 Å². The molecule has 0 saturated heterocycles. The molecule has 0 aliphatic rings. The first-order valence-corrected chi connectivity index (χ1v) is 29.7. The molecule has 6 heteroatoms. The van der Waals surface area contributed by atoms with Gasteiger partial charge in [0.15, 0.2) is 6.10 Å². The minimum atomic E-state index is -0.806. The molecule has 71 heavy (non-hydrogen) atoms. The van der Waals surface area contributed by atoms with Gasteiger partial charge in [-0.15, -0.1) is 0 Å². The van der Waals surface area contributed by atoms with Crippen molar-refractivity contribution in [3.05, 3.63) is 97.2 Å². The summed E-state index contributed by atoms with van der Waals surface area (Å²) in [5.74, 6) is -0.953. The van der Waals surface area contributed by atoms with Gasteiger partial charge in [-0.1, -0.05) is 227 Å². The highest BCUT2D eigenvalue weighted by Crippen LogP contribution is 2.14. The maximum Gasteiger partial charge on any atom is 0.306 e. The SMILES string of the molecule is CCCCC/C=C\C/C=C\C/C=C\C/C=C\CCCCCC(=O)OC[C@@H](COC(=O)CCCCCCCCC/C=C\CCCCCCCC)OC(=O)CCCCCC/C=C\C/C=C\C/C=C\CCCCC. The number of allylic oxidation sites excluding steroid dienone is 16. The van der Waals surface area contributed by atoms with Crippen LogP contribution in [0.15, 0.2) is 97.2 Å². The van der Waals surface area contributed by atoms with E-state index in [2.05, 4.69) is 118 Å². The van der Waals surface area contributed by atoms with Gasteiger partial charge in [-0.2, -0.15) is 0 Å². The Morgan fingerprint density at radius 1 is 0.282 bits per heavy atom. The predicted octanol–water partition coefficient (Wildman–Crippen LogP) is 20.1. The summed E-state index contributed by atoms with van der Waals surface area (Å²) in [6.45, 7) is 6.54. The highest BCUT2D eigenvalue weighted by Gasteiger charge is 2.19. The van der Waals surface area contributed by atoms with Crippen molar-refractivity contribution in [3.8, 4) is 0 Å². The number of carbonyl (C=O) groups excluding carboxylic acids is 3. The zero-order valence-electron chi connectivity index (χ0n) is 46.5. The van der Waals surface area contributed by atoms with Crippen molar-refractivity contribution < 1.29 is 28.6 Å². The van der Waals surface area contributed by atoms with Gasteiger partial charge >= 0.3 is 17.9 Å². The van der Waals surface area contributed by atoms with Crippen molar-refractivity contribution in [1.29, 1.82) is 0 Å². The average Bonchev–Trinajstić information content (AvgIpc) is 3.37. The van der Waals surface area contributed by atoms with Gasteiger partial charge in [-0.05, 0) is 128 Å². The Morgan fingerprint density at radius 2 is 0.507 bits per heavy atom. The van der Waals surface area contributed by atoms with E-state index < -0.39 is 6.10 Å². The van der Waals surface area contributed by atoms with Crippen LogP contribution in [0.2, 0.25) is 0 Å². The number of rotatable bonds is 53. The van der Waals surface area contributed by atoms with Gasteiger partial charge in [0.25, 0.3) is 0 Å². The Labute approximate surface area is 438 Å². The molecule has 0 radical (unpaired) electrons. The van der Waals surface area contributed by atoms with Gasteiger partial charge in [0.1, 0.15) is 13.2 Å². The predicted molar refractivity (Wildman–Crippen MR) is 307 cm³/mol. The van der Waals surface area contributed by atoms with Crippen LogP contribution in [-0.2, 0) is 28.6 Å². The van der Waals surface area contributed by atoms with E-state index in [1.54, 1.807) is 0 Å². The molecule has 0 fully saturated rings. The summed E-state index contributed by atoms with van der Waals surface area (Å²) < 4.78 is 16.8. The fourth-order valence-corrected chi connectivity index (χ4v) is 8.01. The first-order valence-electron chi connectivity index (χ1n) is 29.7. The molecule has 0 bridgehead atoms. The van der Waals surface area contributed by atoms with E-state index >= 15 is 0 Å². The Bertz CT molecular complexity index is 1410. The normalized spacial score (nSPS) is 12.8. The number of hydrogen-bond acceptors (Lipinski definition) is 6. The Kier molecular flexibility index (Phi) is 55.9. The van der Waals surface area contributed by atoms with Gasteiger partial charge in [0.05, 0.1) is 0 Å². The third-order valence-corrected chi connectivity index (χ3v) is 12.5. The molecule has 0 amide bonds. The molecule has 0 aromatic rings. The maximum absolute atomic E-state index is 12.9. The number of hydrogen-bond donors (Lipinski definition) is 0. The molecule has 6 nitrogen and oxygen atoms in total. The largest absolute Gasteiger partial charge is 0.462 e. The highest BCUT2D eigenvalue weighted by molar-refractivity contribution is 5.71. The van der Waals surface area contributed by atoms with Crippen molar-refractivity contribution in [2.45, 2.75) is 284 Å². The van der Waals surface area contributed by atoms with Crippen LogP contribution in [0, 0.1) is 0 Å². The standard InChI is InChI=1S/C65H110O6/c1-4-7-10-13-16-19-22-25-28-31-32-35-37-40-43-46-49-52-55-58-64(67)70-61-62(71-65(68)59-56-53-50-47-44-41-38-34-30-27-24-21-18-15-12-9-6-3)60-69-63(66)57-54-51-48-45-42-39-36-33-29-26-23-20-17-14-11-8-5-2/h16,18-19,21,25-30,32,35,38,40-41,43,62H,4-15,17,20,22-24,31,33-34,36-37,39,42,44-61H2,1-3H3/b19-16-,21-18-,28-25-,29-26-,30-27-,35-32-,41-38-,43-40-/t62-/m1/s1. The quantitative estimate of drug-likeness (QED) is 0.0261. The van der Waals surface area contributed by atoms with Crippen LogP contribution in [0.4, 0.5) is 0 Å². The smallest absolute Gasteiger partial charge is 0.306 e. The van der Waals surface area contributed by atoms with Gasteiger partial charge in [0.2, 0.25) is 0 Å². The lowest BCUT2D eigenvalue weighted by Crippen LogP contribution is -2.30. The van der Waals surface area contributed by atoms with Crippen LogP contribution >= 0.6 is 0 Å². The molecule has 0 heterocycles. The van der Waals surface area contributed by atoms with E-state index in [1.165, 1.54) is 128 Å². The van der Waals surface area contributed by atoms with E-state index in [0.717, 1.165) is 109 Å². The zero-order valence-corrected chi connectivity index (χ0v) is 46.5. The van der Waals surface area contributed by atoms with E-state index in [0.29, 0.717) is 19.3 Å². The Morgan fingerprint density at radius 3 is 0.845 bits per heavy atom. The number of carbonyl (C=O) groups is 3. The fourth-order valence-electron chi connectivity index (χ4n) is 8.01. The van der Waals surface area contributed by atoms with Gasteiger partial charge < -0.3 is 14.2 Å². The first-order chi connectivity index (χ1) is 35.0. The molecule has 0 saturated carbocycles. The lowest BCUT2D eigenvalue weighted by Gasteiger charge is -2.18. The highest BCUT2D eigenvalue weighted by atomic mass is 16.6. The van der Waals surface area contributed by atoms with Crippen molar-refractivity contribution in [2.75, 3.05) is 13.2 Å². The van der Waals surface area contributed by atoms with Gasteiger partial charge in [-0.3, -0.25) is 14.4 Å². The second-order valence-corrected chi connectivity index (χ2v) is 19.5. The summed E-state index contributed by atoms with van der Waals surface area (Å²) in [7, 11) is 0. The van der Waals surface area contributed by atoms with Crippen molar-refractivity contribution >= 4 is 17.9 Å². The summed E-state index contributed by atoms with van der Waals surface area (Å²) >= 11 is 0. The van der Waals surface area contributed by atoms with E-state index in [-0.39, 0.29) is 31.1 Å². The molecule has 0 unspecified atom stereocenters. The van der Waals surface area contributed by atoms with Crippen LogP contribution in [0.1, 0.15) is 278 Å². The third kappa shape index (κ3) is 57.1. The maximum atomic E-state index is 12.9. The van der Waals surface area contributed by atoms with Gasteiger partial charge in [-0.25, -0.2) is 0 Å². The summed E-state index contributed by atoms with van der Waals surface area (Å²) in [5.41, 5.74) is 0. The molecule has 1 atom stereocenters. The summed E-state index contributed by atoms with van der Waals surface area (Å²) in [4.78, 5) is 38.2. The van der Waals surface area contributed by atoms with E-state index in [9.17, 15) is 14.4 Å². The number of unbranched alkanes of at least 4 members (excludes halogenated alkanes) is 26. The average molecular weight is 988 g/mol. The molecule has 0 rings (SSSR count). The first kappa shape index (κ1) is 67.3. The molecule has 0 N–H and O–H groups in total. The van der Waals surface area contributed by atoms with Crippen LogP contribution in [0.25, 0.3) is 0 Å². The Hall–Kier alpha value is -3.67. The van der Waals surface area contributed by atoms with Crippen molar-refractivity contribution in [3.63, 3.8) is 0 Å². The van der Waals surface area contributed by atoms with E-state index in [1.807, 2.05) is 0 Å². The minimum Gasteiger partial charge on any atom is -0.462 e. The lowest BCUT2D eigenvalue weighted by atomic mass is 10.1. The number of esters is 3. The second kappa shape index (κ2) is 58.9. The van der Waals surface area contributed by atoms with E-state index in [4.69, 9.17) is 14.2 Å². The van der Waals surface area contributed by atoms with Crippen LogP contribution in [-0.4, -0.2) is 37.2 Å². The molecule has 406 valence electrons. The molecule has 0 spiro atoms. The van der Waals surface area contributed by atoms with Crippen LogP contribution < -0.4 is 0 Å². The third-order valence-electron chi connectivity index (χ3n) is 12.5. The molecular weight excluding hydrogens is 877 g/mol. The molecule has 0 aromatic heterocycles. The number of ether oxygens (including phenoxy) is 3. The van der Waals surface area contributed by atoms with Crippen LogP contribution in [0.5, 0.6) is 0 Å². The topological polar surface area (TPSA) is 78.9 Å². The zero-order chi connectivity index (χ0) is 51.4. The monoisotopic (exact) mass is 987 g/mol. The summed E-state index contributed by atoms with van der Waals surface area (Å²) in [6, 6.07) is 0. The van der Waals surface area contributed by atoms with Crippen LogP contribution in [0.3, 0.4) is 0 Å².